The lowest BCUT2D eigenvalue weighted by atomic mass is 9.99. The quantitative estimate of drug-likeness (QED) is 0.856. The van der Waals surface area contributed by atoms with Crippen LogP contribution < -0.4 is 0 Å². The Hall–Kier alpha value is -1.50. The average Bonchev–Trinajstić information content (AvgIpc) is 2.75. The lowest BCUT2D eigenvalue weighted by Gasteiger charge is -2.23. The molecule has 0 amide bonds. The molecule has 6 heteroatoms. The van der Waals surface area contributed by atoms with Crippen molar-refractivity contribution in [3.63, 3.8) is 0 Å². The van der Waals surface area contributed by atoms with Crippen molar-refractivity contribution < 1.29 is 29.9 Å². The number of aliphatic hydroxyl groups is 1. The Bertz CT molecular complexity index is 536. The van der Waals surface area contributed by atoms with Crippen LogP contribution in [0, 0.1) is 6.90 Å². The highest BCUT2D eigenvalue weighted by atomic mass is 19.1. The summed E-state index contributed by atoms with van der Waals surface area (Å²) in [5.74, 6) is -0.654. The van der Waals surface area contributed by atoms with Crippen molar-refractivity contribution in [2.45, 2.75) is 38.0 Å². The fourth-order valence-corrected chi connectivity index (χ4v) is 2.24. The third-order valence-corrected chi connectivity index (χ3v) is 3.49. The number of carbonyl (C=O) groups is 1. The molecule has 1 heterocycles. The molecule has 0 aromatic heterocycles. The van der Waals surface area contributed by atoms with Crippen LogP contribution in [0.25, 0.3) is 0 Å². The molecule has 21 heavy (non-hydrogen) atoms. The molecule has 1 unspecified atom stereocenters. The van der Waals surface area contributed by atoms with Gasteiger partial charge in [0.05, 0.1) is 5.56 Å². The Morgan fingerprint density at radius 2 is 2.29 bits per heavy atom. The van der Waals surface area contributed by atoms with Crippen LogP contribution in [0.1, 0.15) is 24.2 Å². The fraction of sp³-hybridized carbons (Fsp3) is 0.533. The van der Waals surface area contributed by atoms with Crippen molar-refractivity contribution in [3.05, 3.63) is 35.4 Å². The molecule has 1 aromatic rings. The molecule has 1 saturated heterocycles. The van der Waals surface area contributed by atoms with Gasteiger partial charge in [0.2, 0.25) is 0 Å². The topological polar surface area (TPSA) is 65.0 Å². The average molecular weight is 299 g/mol. The van der Waals surface area contributed by atoms with Crippen LogP contribution in [0.3, 0.4) is 0 Å². The molecule has 1 aliphatic rings. The number of esters is 1. The van der Waals surface area contributed by atoms with Gasteiger partial charge in [-0.1, -0.05) is 18.2 Å². The molecule has 1 fully saturated rings. The van der Waals surface area contributed by atoms with E-state index < -0.39 is 30.1 Å². The van der Waals surface area contributed by atoms with Gasteiger partial charge in [-0.15, -0.1) is 0 Å². The smallest absolute Gasteiger partial charge is 0.338 e. The van der Waals surface area contributed by atoms with Gasteiger partial charge in [-0.25, -0.2) is 9.18 Å². The Labute approximate surface area is 124 Å². The molecule has 116 valence electrons. The minimum absolute atomic E-state index is 0.0581. The predicted molar refractivity (Wildman–Crippen MR) is 72.7 cm³/mol. The molecule has 0 radical (unpaired) electrons. The number of hydrogen-bond donors (Lipinski definition) is 1. The Morgan fingerprint density at radius 3 is 2.90 bits per heavy atom. The summed E-state index contributed by atoms with van der Waals surface area (Å²) in [7, 11) is 1.30. The summed E-state index contributed by atoms with van der Waals surface area (Å²) in [6.07, 6.45) is -3.96. The van der Waals surface area contributed by atoms with Gasteiger partial charge in [-0.3, -0.25) is 0 Å². The van der Waals surface area contributed by atoms with E-state index in [0.717, 1.165) is 0 Å². The van der Waals surface area contributed by atoms with Crippen molar-refractivity contribution in [1.29, 1.82) is 0 Å². The molecular weight excluding hydrogens is 279 g/mol. The minimum Gasteiger partial charge on any atom is -0.459 e. The first-order chi connectivity index (χ1) is 10.4. The van der Waals surface area contributed by atoms with Crippen molar-refractivity contribution >= 4 is 5.97 Å². The van der Waals surface area contributed by atoms with Gasteiger partial charge < -0.3 is 19.3 Å². The van der Waals surface area contributed by atoms with E-state index in [1.165, 1.54) is 14.0 Å². The molecule has 5 nitrogen and oxygen atoms in total. The van der Waals surface area contributed by atoms with Gasteiger partial charge >= 0.3 is 5.97 Å². The Kier molecular flexibility index (Phi) is 4.19. The van der Waals surface area contributed by atoms with Gasteiger partial charge in [0, 0.05) is 8.48 Å². The van der Waals surface area contributed by atoms with E-state index in [9.17, 15) is 14.3 Å². The monoisotopic (exact) mass is 299 g/mol. The second-order valence-electron chi connectivity index (χ2n) is 5.13. The van der Waals surface area contributed by atoms with Gasteiger partial charge in [0.25, 0.3) is 0 Å². The zero-order valence-corrected chi connectivity index (χ0v) is 11.9. The largest absolute Gasteiger partial charge is 0.459 e. The molecule has 0 bridgehead atoms. The van der Waals surface area contributed by atoms with Crippen LogP contribution in [-0.4, -0.2) is 49.0 Å². The Morgan fingerprint density at radius 1 is 1.57 bits per heavy atom. The standard InChI is InChI=1S/C15H19FO5/c1-9-6-4-5-7-10(9)13(17)20-8-11-12(16)15(2,18)14(19-3)21-11/h4-7,11-12,14,18H,8H2,1-3H3/t11-,12-,14?,15-/m1/s1/i1D. The highest BCUT2D eigenvalue weighted by molar-refractivity contribution is 5.90. The van der Waals surface area contributed by atoms with E-state index in [-0.39, 0.29) is 19.1 Å². The third kappa shape index (κ3) is 3.07. The molecule has 0 saturated carbocycles. The van der Waals surface area contributed by atoms with Crippen LogP contribution in [0.15, 0.2) is 24.3 Å². The van der Waals surface area contributed by atoms with Crippen LogP contribution in [0.2, 0.25) is 0 Å². The van der Waals surface area contributed by atoms with Crippen LogP contribution in [-0.2, 0) is 14.2 Å². The van der Waals surface area contributed by atoms with Crippen LogP contribution >= 0.6 is 0 Å². The van der Waals surface area contributed by atoms with E-state index >= 15 is 0 Å². The van der Waals surface area contributed by atoms with Crippen molar-refractivity contribution in [3.8, 4) is 0 Å². The molecule has 0 aliphatic carbocycles. The maximum absolute atomic E-state index is 14.1. The lowest BCUT2D eigenvalue weighted by Crippen LogP contribution is -2.44. The van der Waals surface area contributed by atoms with Gasteiger partial charge in [0.1, 0.15) is 18.3 Å². The molecule has 0 spiro atoms. The minimum atomic E-state index is -1.80. The number of benzene rings is 1. The van der Waals surface area contributed by atoms with E-state index in [1.54, 1.807) is 24.3 Å². The summed E-state index contributed by atoms with van der Waals surface area (Å²) in [5.41, 5.74) is -1.01. The maximum atomic E-state index is 14.1. The molecular formula is C15H19FO5. The van der Waals surface area contributed by atoms with Crippen LogP contribution in [0.4, 0.5) is 4.39 Å². The summed E-state index contributed by atoms with van der Waals surface area (Å²) in [4.78, 5) is 12.0. The number of hydrogen-bond acceptors (Lipinski definition) is 5. The number of ether oxygens (including phenoxy) is 3. The summed E-state index contributed by atoms with van der Waals surface area (Å²) in [5, 5.41) is 9.97. The summed E-state index contributed by atoms with van der Waals surface area (Å²) < 4.78 is 36.6. The van der Waals surface area contributed by atoms with Crippen molar-refractivity contribution in [2.75, 3.05) is 13.7 Å². The normalized spacial score (nSPS) is 32.8. The van der Waals surface area contributed by atoms with Gasteiger partial charge in [-0.05, 0) is 25.5 Å². The number of methoxy groups -OCH3 is 1. The van der Waals surface area contributed by atoms with Crippen molar-refractivity contribution in [2.24, 2.45) is 0 Å². The van der Waals surface area contributed by atoms with Crippen molar-refractivity contribution in [1.82, 2.24) is 0 Å². The first-order valence-corrected chi connectivity index (χ1v) is 6.50. The van der Waals surface area contributed by atoms with E-state index in [0.29, 0.717) is 5.56 Å². The summed E-state index contributed by atoms with van der Waals surface area (Å²) in [6, 6.07) is 6.58. The molecule has 1 aromatic carbocycles. The van der Waals surface area contributed by atoms with Gasteiger partial charge in [-0.2, -0.15) is 0 Å². The zero-order valence-electron chi connectivity index (χ0n) is 12.9. The summed E-state index contributed by atoms with van der Waals surface area (Å²) in [6.45, 7) is 0.864. The Balaban J connectivity index is 2.00. The second-order valence-corrected chi connectivity index (χ2v) is 5.13. The first-order valence-electron chi connectivity index (χ1n) is 7.21. The number of alkyl halides is 1. The lowest BCUT2D eigenvalue weighted by molar-refractivity contribution is -0.185. The number of rotatable bonds is 4. The number of carbonyl (C=O) groups excluding carboxylic acids is 1. The predicted octanol–water partition coefficient (Wildman–Crippen LogP) is 1.61. The fourth-order valence-electron chi connectivity index (χ4n) is 2.24. The summed E-state index contributed by atoms with van der Waals surface area (Å²) >= 11 is 0. The maximum Gasteiger partial charge on any atom is 0.338 e. The van der Waals surface area contributed by atoms with Crippen LogP contribution in [0.5, 0.6) is 0 Å². The SMILES string of the molecule is [2H]Cc1ccccc1C(=O)OC[C@H]1OC(OC)[C@](C)(O)[C@@H]1F. The van der Waals surface area contributed by atoms with E-state index in [1.807, 2.05) is 0 Å². The number of aryl methyl sites for hydroxylation is 1. The molecule has 2 rings (SSSR count). The first kappa shape index (κ1) is 14.4. The van der Waals surface area contributed by atoms with Gasteiger partial charge in [0.15, 0.2) is 12.5 Å². The van der Waals surface area contributed by atoms with E-state index in [4.69, 9.17) is 15.6 Å². The second kappa shape index (κ2) is 6.09. The van der Waals surface area contributed by atoms with E-state index in [2.05, 4.69) is 0 Å². The molecule has 1 aliphatic heterocycles. The third-order valence-electron chi connectivity index (χ3n) is 3.49. The highest BCUT2D eigenvalue weighted by Gasteiger charge is 2.54. The highest BCUT2D eigenvalue weighted by Crippen LogP contribution is 2.33. The number of halogens is 1. The molecule has 1 N–H and O–H groups in total. The zero-order chi connectivity index (χ0) is 16.3. The molecule has 4 atom stereocenters.